The van der Waals surface area contributed by atoms with Crippen molar-refractivity contribution in [3.63, 3.8) is 0 Å². The Kier molecular flexibility index (Phi) is 4.41. The molecule has 0 spiro atoms. The molecule has 0 aromatic carbocycles. The Morgan fingerprint density at radius 3 is 2.43 bits per heavy atom. The molecule has 1 atom stereocenters. The van der Waals surface area contributed by atoms with Crippen LogP contribution < -0.4 is 5.73 Å². The highest BCUT2D eigenvalue weighted by molar-refractivity contribution is 7.97. The highest BCUT2D eigenvalue weighted by atomic mass is 32.2. The molecule has 1 heterocycles. The molecule has 0 saturated carbocycles. The predicted octanol–water partition coefficient (Wildman–Crippen LogP) is 3.15. The van der Waals surface area contributed by atoms with Gasteiger partial charge in [0.2, 0.25) is 0 Å². The van der Waals surface area contributed by atoms with Crippen molar-refractivity contribution in [1.29, 1.82) is 0 Å². The molecule has 0 saturated heterocycles. The van der Waals surface area contributed by atoms with Crippen molar-refractivity contribution in [2.24, 2.45) is 5.73 Å². The predicted molar refractivity (Wildman–Crippen MR) is 66.0 cm³/mol. The van der Waals surface area contributed by atoms with E-state index in [1.165, 1.54) is 15.6 Å². The van der Waals surface area contributed by atoms with E-state index in [1.807, 2.05) is 18.7 Å². The van der Waals surface area contributed by atoms with Crippen molar-refractivity contribution in [3.05, 3.63) is 15.6 Å². The lowest BCUT2D eigenvalue weighted by atomic mass is 10.1. The van der Waals surface area contributed by atoms with Crippen LogP contribution in [0.2, 0.25) is 0 Å². The summed E-state index contributed by atoms with van der Waals surface area (Å²) in [5.41, 5.74) is 7.11. The van der Waals surface area contributed by atoms with Crippen LogP contribution in [0.1, 0.15) is 48.3 Å². The number of hydrogen-bond acceptors (Lipinski definition) is 4. The second kappa shape index (κ2) is 5.14. The van der Waals surface area contributed by atoms with Gasteiger partial charge in [-0.15, -0.1) is 11.3 Å². The van der Waals surface area contributed by atoms with Gasteiger partial charge in [0, 0.05) is 16.7 Å². The summed E-state index contributed by atoms with van der Waals surface area (Å²) in [7, 11) is 0. The van der Waals surface area contributed by atoms with Crippen LogP contribution in [-0.2, 0) is 5.75 Å². The first-order valence-electron chi connectivity index (χ1n) is 4.80. The molecule has 1 rings (SSSR count). The quantitative estimate of drug-likeness (QED) is 0.863. The first-order valence-corrected chi connectivity index (χ1v) is 7.01. The van der Waals surface area contributed by atoms with Crippen molar-refractivity contribution >= 4 is 23.1 Å². The zero-order valence-electron chi connectivity index (χ0n) is 9.20. The lowest BCUT2D eigenvalue weighted by molar-refractivity contribution is 0.760. The van der Waals surface area contributed by atoms with E-state index in [2.05, 4.69) is 25.1 Å². The third-order valence-corrected chi connectivity index (χ3v) is 3.97. The Bertz CT molecular complexity index is 267. The first kappa shape index (κ1) is 12.0. The van der Waals surface area contributed by atoms with E-state index in [9.17, 15) is 0 Å². The maximum Gasteiger partial charge on any atom is 0.103 e. The highest BCUT2D eigenvalue weighted by Crippen LogP contribution is 2.30. The van der Waals surface area contributed by atoms with Crippen LogP contribution in [0.5, 0.6) is 0 Å². The third kappa shape index (κ3) is 2.72. The first-order chi connectivity index (χ1) is 6.56. The van der Waals surface area contributed by atoms with Crippen molar-refractivity contribution < 1.29 is 0 Å². The van der Waals surface area contributed by atoms with Crippen LogP contribution in [-0.4, -0.2) is 11.2 Å². The zero-order valence-corrected chi connectivity index (χ0v) is 10.8. The Morgan fingerprint density at radius 1 is 1.43 bits per heavy atom. The molecule has 0 fully saturated rings. The fraction of sp³-hybridized carbons (Fsp3) is 0.700. The minimum Gasteiger partial charge on any atom is -0.323 e. The van der Waals surface area contributed by atoms with Crippen LogP contribution in [0, 0.1) is 0 Å². The molecule has 14 heavy (non-hydrogen) atoms. The molecule has 4 heteroatoms. The molecule has 1 aromatic heterocycles. The van der Waals surface area contributed by atoms with E-state index >= 15 is 0 Å². The maximum atomic E-state index is 5.93. The second-order valence-electron chi connectivity index (χ2n) is 3.73. The number of nitrogens with zero attached hydrogens (tertiary/aromatic N) is 1. The van der Waals surface area contributed by atoms with Crippen molar-refractivity contribution in [2.45, 2.75) is 38.5 Å². The van der Waals surface area contributed by atoms with Gasteiger partial charge in [-0.1, -0.05) is 13.8 Å². The minimum atomic E-state index is 0.112. The van der Waals surface area contributed by atoms with Gasteiger partial charge < -0.3 is 5.73 Å². The van der Waals surface area contributed by atoms with Gasteiger partial charge in [-0.2, -0.15) is 11.8 Å². The molecule has 0 amide bonds. The molecular weight excluding hydrogens is 212 g/mol. The Morgan fingerprint density at radius 2 is 2.07 bits per heavy atom. The van der Waals surface area contributed by atoms with Crippen LogP contribution >= 0.6 is 23.1 Å². The fourth-order valence-corrected chi connectivity index (χ4v) is 3.19. The van der Waals surface area contributed by atoms with Gasteiger partial charge in [-0.05, 0) is 19.1 Å². The summed E-state index contributed by atoms with van der Waals surface area (Å²) in [6.07, 6.45) is 2.10. The van der Waals surface area contributed by atoms with E-state index in [-0.39, 0.29) is 6.04 Å². The molecule has 0 aliphatic rings. The molecule has 80 valence electrons. The summed E-state index contributed by atoms with van der Waals surface area (Å²) in [4.78, 5) is 5.89. The molecule has 1 unspecified atom stereocenters. The summed E-state index contributed by atoms with van der Waals surface area (Å²) in [6.45, 7) is 6.37. The molecule has 0 aliphatic heterocycles. The normalized spacial score (nSPS) is 13.6. The van der Waals surface area contributed by atoms with Crippen molar-refractivity contribution in [1.82, 2.24) is 4.98 Å². The van der Waals surface area contributed by atoms with Crippen molar-refractivity contribution in [2.75, 3.05) is 6.26 Å². The molecule has 0 radical (unpaired) electrons. The largest absolute Gasteiger partial charge is 0.323 e. The van der Waals surface area contributed by atoms with Gasteiger partial charge in [0.1, 0.15) is 5.01 Å². The molecule has 0 aliphatic carbocycles. The number of rotatable bonds is 4. The topological polar surface area (TPSA) is 38.9 Å². The van der Waals surface area contributed by atoms with Crippen LogP contribution in [0.3, 0.4) is 0 Å². The minimum absolute atomic E-state index is 0.112. The smallest absolute Gasteiger partial charge is 0.103 e. The van der Waals surface area contributed by atoms with Gasteiger partial charge in [-0.25, -0.2) is 4.98 Å². The van der Waals surface area contributed by atoms with Gasteiger partial charge in [-0.3, -0.25) is 0 Å². The van der Waals surface area contributed by atoms with Gasteiger partial charge in [0.25, 0.3) is 0 Å². The highest BCUT2D eigenvalue weighted by Gasteiger charge is 2.16. The van der Waals surface area contributed by atoms with E-state index in [4.69, 9.17) is 5.73 Å². The van der Waals surface area contributed by atoms with Gasteiger partial charge >= 0.3 is 0 Å². The van der Waals surface area contributed by atoms with E-state index in [0.717, 1.165) is 5.75 Å². The third-order valence-electron chi connectivity index (χ3n) is 1.95. The average molecular weight is 230 g/mol. The summed E-state index contributed by atoms with van der Waals surface area (Å²) in [5, 5.41) is 1.20. The van der Waals surface area contributed by atoms with E-state index in [0.29, 0.717) is 5.92 Å². The summed E-state index contributed by atoms with van der Waals surface area (Å²) in [5.74, 6) is 1.47. The monoisotopic (exact) mass is 230 g/mol. The second-order valence-corrected chi connectivity index (χ2v) is 5.71. The Balaban J connectivity index is 3.00. The van der Waals surface area contributed by atoms with Crippen LogP contribution in [0.15, 0.2) is 0 Å². The fourth-order valence-electron chi connectivity index (χ4n) is 1.32. The molecule has 2 nitrogen and oxygen atoms in total. The number of thiazole rings is 1. The number of thioether (sulfide) groups is 1. The molecular formula is C10H18N2S2. The molecule has 1 aromatic rings. The Hall–Kier alpha value is -0.0600. The van der Waals surface area contributed by atoms with Crippen LogP contribution in [0.25, 0.3) is 0 Å². The van der Waals surface area contributed by atoms with Gasteiger partial charge in [0.05, 0.1) is 5.69 Å². The van der Waals surface area contributed by atoms with E-state index in [1.54, 1.807) is 11.3 Å². The molecule has 0 bridgehead atoms. The van der Waals surface area contributed by atoms with Gasteiger partial charge in [0.15, 0.2) is 0 Å². The lowest BCUT2D eigenvalue weighted by Crippen LogP contribution is -2.06. The van der Waals surface area contributed by atoms with E-state index < -0.39 is 0 Å². The number of nitrogens with two attached hydrogens (primary N) is 1. The van der Waals surface area contributed by atoms with Crippen molar-refractivity contribution in [3.8, 4) is 0 Å². The number of hydrogen-bond donors (Lipinski definition) is 1. The van der Waals surface area contributed by atoms with Crippen LogP contribution in [0.4, 0.5) is 0 Å². The SMILES string of the molecule is CSCc1nc(C(C)C)c(C(C)N)s1. The maximum absolute atomic E-state index is 5.93. The Labute approximate surface area is 94.3 Å². The zero-order chi connectivity index (χ0) is 10.7. The summed E-state index contributed by atoms with van der Waals surface area (Å²) < 4.78 is 0. The summed E-state index contributed by atoms with van der Waals surface area (Å²) >= 11 is 3.57. The number of aromatic nitrogens is 1. The lowest BCUT2D eigenvalue weighted by Gasteiger charge is -2.07. The average Bonchev–Trinajstić information content (AvgIpc) is 2.49. The summed E-state index contributed by atoms with van der Waals surface area (Å²) in [6, 6.07) is 0.112. The molecule has 2 N–H and O–H groups in total. The standard InChI is InChI=1S/C10H18N2S2/c1-6(2)9-10(7(3)11)14-8(12-9)5-13-4/h6-7H,5,11H2,1-4H3.